The van der Waals surface area contributed by atoms with Crippen LogP contribution in [0, 0.1) is 5.92 Å². The van der Waals surface area contributed by atoms with E-state index < -0.39 is 0 Å². The Bertz CT molecular complexity index is 594. The Morgan fingerprint density at radius 1 is 1.05 bits per heavy atom. The first-order valence-electron chi connectivity index (χ1n) is 8.30. The molecular formula is C17H24N4. The fourth-order valence-electron chi connectivity index (χ4n) is 3.37. The van der Waals surface area contributed by atoms with Crippen molar-refractivity contribution >= 4 is 16.6 Å². The van der Waals surface area contributed by atoms with Gasteiger partial charge in [-0.2, -0.15) is 5.10 Å². The Hall–Kier alpha value is -1.55. The van der Waals surface area contributed by atoms with Crippen LogP contribution in [0.2, 0.25) is 0 Å². The molecule has 0 atom stereocenters. The lowest BCUT2D eigenvalue weighted by Crippen LogP contribution is -2.37. The lowest BCUT2D eigenvalue weighted by Gasteiger charge is -2.30. The number of fused-ring (bicyclic) bond motifs is 1. The predicted molar refractivity (Wildman–Crippen MR) is 86.5 cm³/mol. The minimum absolute atomic E-state index is 0.619. The zero-order valence-electron chi connectivity index (χ0n) is 12.4. The molecule has 0 unspecified atom stereocenters. The van der Waals surface area contributed by atoms with Crippen molar-refractivity contribution in [3.8, 4) is 0 Å². The van der Waals surface area contributed by atoms with E-state index in [0.29, 0.717) is 6.04 Å². The summed E-state index contributed by atoms with van der Waals surface area (Å²) in [6.07, 6.45) is 9.92. The molecule has 2 aliphatic rings. The summed E-state index contributed by atoms with van der Waals surface area (Å²) in [5.74, 6) is 0.988. The van der Waals surface area contributed by atoms with Crippen molar-refractivity contribution in [2.45, 2.75) is 50.6 Å². The molecule has 4 heteroatoms. The third-order valence-corrected chi connectivity index (χ3v) is 4.93. The van der Waals surface area contributed by atoms with Gasteiger partial charge < -0.3 is 10.6 Å². The van der Waals surface area contributed by atoms with Crippen LogP contribution in [0.15, 0.2) is 24.4 Å². The minimum atomic E-state index is 0.619. The van der Waals surface area contributed by atoms with E-state index in [2.05, 4.69) is 39.0 Å². The topological polar surface area (TPSA) is 52.7 Å². The number of aromatic amines is 1. The van der Waals surface area contributed by atoms with Gasteiger partial charge in [-0.25, -0.2) is 0 Å². The molecular weight excluding hydrogens is 260 g/mol. The van der Waals surface area contributed by atoms with E-state index in [1.165, 1.54) is 56.1 Å². The first-order valence-corrected chi connectivity index (χ1v) is 8.30. The van der Waals surface area contributed by atoms with Gasteiger partial charge in [-0.05, 0) is 69.2 Å². The van der Waals surface area contributed by atoms with Gasteiger partial charge in [-0.3, -0.25) is 5.10 Å². The quantitative estimate of drug-likeness (QED) is 0.789. The molecule has 3 N–H and O–H groups in total. The molecule has 1 aromatic heterocycles. The second kappa shape index (κ2) is 5.68. The van der Waals surface area contributed by atoms with Gasteiger partial charge in [0.2, 0.25) is 0 Å². The summed E-state index contributed by atoms with van der Waals surface area (Å²) in [5.41, 5.74) is 2.33. The lowest BCUT2D eigenvalue weighted by molar-refractivity contribution is 0.350. The van der Waals surface area contributed by atoms with Gasteiger partial charge in [0.1, 0.15) is 0 Å². The van der Waals surface area contributed by atoms with Crippen molar-refractivity contribution in [2.75, 3.05) is 11.9 Å². The Kier molecular flexibility index (Phi) is 3.55. The third-order valence-electron chi connectivity index (χ3n) is 4.93. The second-order valence-electron chi connectivity index (χ2n) is 6.72. The van der Waals surface area contributed by atoms with E-state index in [4.69, 9.17) is 0 Å². The van der Waals surface area contributed by atoms with Crippen molar-refractivity contribution in [1.82, 2.24) is 15.5 Å². The maximum absolute atomic E-state index is 4.08. The summed E-state index contributed by atoms with van der Waals surface area (Å²) in [4.78, 5) is 0. The lowest BCUT2D eigenvalue weighted by atomic mass is 9.91. The van der Waals surface area contributed by atoms with Gasteiger partial charge in [0, 0.05) is 23.2 Å². The number of anilines is 1. The summed E-state index contributed by atoms with van der Waals surface area (Å²) in [6, 6.07) is 7.81. The van der Waals surface area contributed by atoms with Gasteiger partial charge in [-0.15, -0.1) is 0 Å². The number of benzene rings is 1. The molecule has 2 saturated carbocycles. The molecule has 2 aromatic rings. The van der Waals surface area contributed by atoms with E-state index in [9.17, 15) is 0 Å². The molecule has 112 valence electrons. The van der Waals surface area contributed by atoms with Gasteiger partial charge in [0.15, 0.2) is 0 Å². The second-order valence-corrected chi connectivity index (χ2v) is 6.72. The van der Waals surface area contributed by atoms with Crippen LogP contribution in [0.25, 0.3) is 10.9 Å². The molecule has 4 nitrogen and oxygen atoms in total. The molecule has 1 aromatic carbocycles. The Morgan fingerprint density at radius 2 is 1.86 bits per heavy atom. The van der Waals surface area contributed by atoms with Crippen LogP contribution in [-0.4, -0.2) is 28.8 Å². The molecule has 0 spiro atoms. The highest BCUT2D eigenvalue weighted by atomic mass is 15.1. The minimum Gasteiger partial charge on any atom is -0.382 e. The Balaban J connectivity index is 1.29. The maximum Gasteiger partial charge on any atom is 0.0651 e. The van der Waals surface area contributed by atoms with E-state index in [-0.39, 0.29) is 0 Å². The molecule has 0 saturated heterocycles. The van der Waals surface area contributed by atoms with Crippen LogP contribution in [0.4, 0.5) is 5.69 Å². The molecule has 21 heavy (non-hydrogen) atoms. The standard InChI is InChI=1S/C17H24N4/c1-2-12(1)10-18-14-3-5-15(6-4-14)20-16-7-8-17-13(9-16)11-19-21-17/h7-9,11-12,14-15,18,20H,1-6,10H2,(H,19,21)/t14-,15-. The van der Waals surface area contributed by atoms with Crippen LogP contribution in [0.5, 0.6) is 0 Å². The monoisotopic (exact) mass is 284 g/mol. The first kappa shape index (κ1) is 13.1. The smallest absolute Gasteiger partial charge is 0.0651 e. The van der Waals surface area contributed by atoms with Gasteiger partial charge in [-0.1, -0.05) is 0 Å². The number of nitrogens with zero attached hydrogens (tertiary/aromatic N) is 1. The number of aromatic nitrogens is 2. The molecule has 4 rings (SSSR count). The Morgan fingerprint density at radius 3 is 2.67 bits per heavy atom. The highest BCUT2D eigenvalue weighted by Crippen LogP contribution is 2.29. The van der Waals surface area contributed by atoms with Crippen LogP contribution in [0.1, 0.15) is 38.5 Å². The van der Waals surface area contributed by atoms with Crippen molar-refractivity contribution in [3.05, 3.63) is 24.4 Å². The SMILES string of the molecule is c1cc2[nH]ncc2cc1N[C@H]1CC[C@H](NCC2CC2)CC1. The third kappa shape index (κ3) is 3.21. The van der Waals surface area contributed by atoms with E-state index >= 15 is 0 Å². The van der Waals surface area contributed by atoms with Crippen LogP contribution in [-0.2, 0) is 0 Å². The highest BCUT2D eigenvalue weighted by molar-refractivity contribution is 5.81. The number of H-pyrrole nitrogens is 1. The molecule has 2 aliphatic carbocycles. The van der Waals surface area contributed by atoms with Crippen molar-refractivity contribution in [1.29, 1.82) is 0 Å². The molecule has 0 radical (unpaired) electrons. The molecule has 2 fully saturated rings. The Labute approximate surface area is 125 Å². The van der Waals surface area contributed by atoms with E-state index in [1.807, 2.05) is 6.20 Å². The molecule has 0 bridgehead atoms. The molecule has 0 amide bonds. The highest BCUT2D eigenvalue weighted by Gasteiger charge is 2.25. The predicted octanol–water partition coefficient (Wildman–Crippen LogP) is 3.29. The molecule has 1 heterocycles. The first-order chi connectivity index (χ1) is 10.4. The van der Waals surface area contributed by atoms with Crippen molar-refractivity contribution < 1.29 is 0 Å². The number of hydrogen-bond acceptors (Lipinski definition) is 3. The summed E-state index contributed by atoms with van der Waals surface area (Å²) in [6.45, 7) is 1.25. The van der Waals surface area contributed by atoms with Gasteiger partial charge in [0.05, 0.1) is 11.7 Å². The summed E-state index contributed by atoms with van der Waals surface area (Å²) in [7, 11) is 0. The van der Waals surface area contributed by atoms with Crippen molar-refractivity contribution in [2.24, 2.45) is 5.92 Å². The van der Waals surface area contributed by atoms with E-state index in [0.717, 1.165) is 17.5 Å². The maximum atomic E-state index is 4.08. The van der Waals surface area contributed by atoms with Crippen LogP contribution in [0.3, 0.4) is 0 Å². The number of rotatable bonds is 5. The van der Waals surface area contributed by atoms with Crippen LogP contribution < -0.4 is 10.6 Å². The zero-order valence-corrected chi connectivity index (χ0v) is 12.4. The molecule has 0 aliphatic heterocycles. The average Bonchev–Trinajstić information content (AvgIpc) is 3.23. The largest absolute Gasteiger partial charge is 0.382 e. The van der Waals surface area contributed by atoms with E-state index in [1.54, 1.807) is 0 Å². The zero-order chi connectivity index (χ0) is 14.1. The average molecular weight is 284 g/mol. The number of hydrogen-bond donors (Lipinski definition) is 3. The van der Waals surface area contributed by atoms with Crippen molar-refractivity contribution in [3.63, 3.8) is 0 Å². The normalized spacial score (nSPS) is 26.1. The summed E-state index contributed by atoms with van der Waals surface area (Å²) in [5, 5.41) is 15.7. The number of nitrogens with one attached hydrogen (secondary N) is 3. The van der Waals surface area contributed by atoms with Gasteiger partial charge in [0.25, 0.3) is 0 Å². The summed E-state index contributed by atoms with van der Waals surface area (Å²) >= 11 is 0. The fourth-order valence-corrected chi connectivity index (χ4v) is 3.37. The van der Waals surface area contributed by atoms with Crippen LogP contribution >= 0.6 is 0 Å². The summed E-state index contributed by atoms with van der Waals surface area (Å²) < 4.78 is 0. The fraction of sp³-hybridized carbons (Fsp3) is 0.588. The van der Waals surface area contributed by atoms with Gasteiger partial charge >= 0.3 is 0 Å².